The van der Waals surface area contributed by atoms with Crippen LogP contribution in [-0.2, 0) is 4.79 Å². The average Bonchev–Trinajstić information content (AvgIpc) is 2.38. The standard InChI is InChI=1S/C16H31N3O/c1-5-17-8-6-15(7-9-17)12-18-10-11-19(14(2)20)16(3,4)13-18/h15H,5-13H2,1-4H3. The Morgan fingerprint density at radius 1 is 1.10 bits per heavy atom. The maximum Gasteiger partial charge on any atom is 0.219 e. The predicted octanol–water partition coefficient (Wildman–Crippen LogP) is 1.66. The van der Waals surface area contributed by atoms with Gasteiger partial charge >= 0.3 is 0 Å². The van der Waals surface area contributed by atoms with E-state index >= 15 is 0 Å². The second-order valence-electron chi connectivity index (χ2n) is 7.10. The summed E-state index contributed by atoms with van der Waals surface area (Å²) in [5, 5.41) is 0. The predicted molar refractivity (Wildman–Crippen MR) is 82.7 cm³/mol. The zero-order chi connectivity index (χ0) is 14.8. The first kappa shape index (κ1) is 15.8. The summed E-state index contributed by atoms with van der Waals surface area (Å²) in [5.74, 6) is 1.06. The van der Waals surface area contributed by atoms with Gasteiger partial charge in [-0.1, -0.05) is 6.92 Å². The molecule has 1 amide bonds. The molecule has 2 aliphatic heterocycles. The van der Waals surface area contributed by atoms with Crippen LogP contribution in [0.15, 0.2) is 0 Å². The molecule has 0 aromatic heterocycles. The summed E-state index contributed by atoms with van der Waals surface area (Å²) in [6.45, 7) is 16.2. The van der Waals surface area contributed by atoms with Gasteiger partial charge in [0.2, 0.25) is 5.91 Å². The fraction of sp³-hybridized carbons (Fsp3) is 0.938. The summed E-state index contributed by atoms with van der Waals surface area (Å²) in [5.41, 5.74) is -0.0196. The molecule has 2 rings (SSSR count). The fourth-order valence-electron chi connectivity index (χ4n) is 3.85. The van der Waals surface area contributed by atoms with E-state index in [2.05, 4.69) is 30.6 Å². The number of rotatable bonds is 3. The Labute approximate surface area is 124 Å². The number of amides is 1. The lowest BCUT2D eigenvalue weighted by atomic mass is 9.93. The highest BCUT2D eigenvalue weighted by atomic mass is 16.2. The SMILES string of the molecule is CCN1CCC(CN2CCN(C(C)=O)C(C)(C)C2)CC1. The molecule has 0 spiro atoms. The number of carbonyl (C=O) groups excluding carboxylic acids is 1. The summed E-state index contributed by atoms with van der Waals surface area (Å²) >= 11 is 0. The lowest BCUT2D eigenvalue weighted by Crippen LogP contribution is -2.61. The zero-order valence-electron chi connectivity index (χ0n) is 13.7. The Hall–Kier alpha value is -0.610. The molecule has 4 heteroatoms. The van der Waals surface area contributed by atoms with Crippen LogP contribution in [0.25, 0.3) is 0 Å². The minimum Gasteiger partial charge on any atom is -0.335 e. The van der Waals surface area contributed by atoms with Gasteiger partial charge in [0.15, 0.2) is 0 Å². The Bertz CT molecular complexity index is 335. The molecule has 2 aliphatic rings. The van der Waals surface area contributed by atoms with Crippen molar-refractivity contribution in [3.63, 3.8) is 0 Å². The quantitative estimate of drug-likeness (QED) is 0.787. The summed E-state index contributed by atoms with van der Waals surface area (Å²) in [6.07, 6.45) is 2.67. The van der Waals surface area contributed by atoms with E-state index in [0.29, 0.717) is 0 Å². The average molecular weight is 281 g/mol. The summed E-state index contributed by atoms with van der Waals surface area (Å²) in [6, 6.07) is 0. The second kappa shape index (κ2) is 6.44. The number of carbonyl (C=O) groups is 1. The van der Waals surface area contributed by atoms with E-state index in [1.165, 1.54) is 39.0 Å². The van der Waals surface area contributed by atoms with Crippen LogP contribution < -0.4 is 0 Å². The minimum atomic E-state index is -0.0196. The van der Waals surface area contributed by atoms with Crippen LogP contribution in [-0.4, -0.2) is 72.0 Å². The van der Waals surface area contributed by atoms with Crippen molar-refractivity contribution in [2.45, 2.75) is 46.1 Å². The molecular weight excluding hydrogens is 250 g/mol. The van der Waals surface area contributed by atoms with Gasteiger partial charge in [-0.25, -0.2) is 0 Å². The van der Waals surface area contributed by atoms with Crippen molar-refractivity contribution in [2.24, 2.45) is 5.92 Å². The summed E-state index contributed by atoms with van der Waals surface area (Å²) < 4.78 is 0. The smallest absolute Gasteiger partial charge is 0.219 e. The fourth-order valence-corrected chi connectivity index (χ4v) is 3.85. The van der Waals surface area contributed by atoms with Crippen molar-refractivity contribution in [3.05, 3.63) is 0 Å². The first-order valence-corrected chi connectivity index (χ1v) is 8.15. The molecule has 0 aromatic carbocycles. The van der Waals surface area contributed by atoms with Crippen LogP contribution >= 0.6 is 0 Å². The van der Waals surface area contributed by atoms with Gasteiger partial charge in [-0.05, 0) is 52.2 Å². The maximum atomic E-state index is 11.7. The van der Waals surface area contributed by atoms with Gasteiger partial charge in [0.05, 0.1) is 0 Å². The number of likely N-dealkylation sites (tertiary alicyclic amines) is 1. The number of hydrogen-bond acceptors (Lipinski definition) is 3. The van der Waals surface area contributed by atoms with Crippen molar-refractivity contribution in [3.8, 4) is 0 Å². The van der Waals surface area contributed by atoms with Crippen LogP contribution in [0.3, 0.4) is 0 Å². The molecule has 116 valence electrons. The summed E-state index contributed by atoms with van der Waals surface area (Å²) in [4.78, 5) is 18.8. The van der Waals surface area contributed by atoms with Crippen LogP contribution in [0.1, 0.15) is 40.5 Å². The molecule has 0 bridgehead atoms. The van der Waals surface area contributed by atoms with Crippen molar-refractivity contribution >= 4 is 5.91 Å². The largest absolute Gasteiger partial charge is 0.335 e. The van der Waals surface area contributed by atoms with Crippen molar-refractivity contribution < 1.29 is 4.79 Å². The third-order valence-corrected chi connectivity index (χ3v) is 5.03. The van der Waals surface area contributed by atoms with Gasteiger partial charge in [0, 0.05) is 38.6 Å². The van der Waals surface area contributed by atoms with E-state index in [0.717, 1.165) is 25.6 Å². The van der Waals surface area contributed by atoms with E-state index in [9.17, 15) is 4.79 Å². The lowest BCUT2D eigenvalue weighted by molar-refractivity contribution is -0.138. The summed E-state index contributed by atoms with van der Waals surface area (Å²) in [7, 11) is 0. The van der Waals surface area contributed by atoms with Gasteiger partial charge in [0.25, 0.3) is 0 Å². The van der Waals surface area contributed by atoms with Crippen LogP contribution in [0.5, 0.6) is 0 Å². The van der Waals surface area contributed by atoms with Gasteiger partial charge in [-0.3, -0.25) is 9.69 Å². The molecule has 2 saturated heterocycles. The third-order valence-electron chi connectivity index (χ3n) is 5.03. The first-order chi connectivity index (χ1) is 9.42. The molecule has 0 unspecified atom stereocenters. The minimum absolute atomic E-state index is 0.0196. The van der Waals surface area contributed by atoms with Gasteiger partial charge < -0.3 is 9.80 Å². The number of hydrogen-bond donors (Lipinski definition) is 0. The molecule has 0 atom stereocenters. The highest BCUT2D eigenvalue weighted by Gasteiger charge is 2.35. The number of nitrogens with zero attached hydrogens (tertiary/aromatic N) is 3. The molecule has 2 fully saturated rings. The normalized spacial score (nSPS) is 25.9. The van der Waals surface area contributed by atoms with Crippen LogP contribution in [0.4, 0.5) is 0 Å². The van der Waals surface area contributed by atoms with Crippen molar-refractivity contribution in [1.29, 1.82) is 0 Å². The van der Waals surface area contributed by atoms with E-state index in [1.807, 2.05) is 4.90 Å². The molecule has 4 nitrogen and oxygen atoms in total. The number of piperidine rings is 1. The van der Waals surface area contributed by atoms with Crippen LogP contribution in [0, 0.1) is 5.92 Å². The van der Waals surface area contributed by atoms with E-state index in [-0.39, 0.29) is 11.4 Å². The third kappa shape index (κ3) is 3.73. The zero-order valence-corrected chi connectivity index (χ0v) is 13.7. The Balaban J connectivity index is 1.82. The monoisotopic (exact) mass is 281 g/mol. The topological polar surface area (TPSA) is 26.8 Å². The van der Waals surface area contributed by atoms with Gasteiger partial charge in [-0.15, -0.1) is 0 Å². The molecule has 0 saturated carbocycles. The van der Waals surface area contributed by atoms with Gasteiger partial charge in [0.1, 0.15) is 0 Å². The molecule has 0 aromatic rings. The first-order valence-electron chi connectivity index (χ1n) is 8.15. The van der Waals surface area contributed by atoms with Crippen molar-refractivity contribution in [2.75, 3.05) is 45.8 Å². The molecule has 0 N–H and O–H groups in total. The Morgan fingerprint density at radius 3 is 2.25 bits per heavy atom. The Morgan fingerprint density at radius 2 is 1.75 bits per heavy atom. The van der Waals surface area contributed by atoms with E-state index in [1.54, 1.807) is 6.92 Å². The molecule has 2 heterocycles. The molecule has 20 heavy (non-hydrogen) atoms. The van der Waals surface area contributed by atoms with Crippen LogP contribution in [0.2, 0.25) is 0 Å². The molecular formula is C16H31N3O. The molecule has 0 radical (unpaired) electrons. The maximum absolute atomic E-state index is 11.7. The second-order valence-corrected chi connectivity index (χ2v) is 7.10. The highest BCUT2D eigenvalue weighted by Crippen LogP contribution is 2.24. The van der Waals surface area contributed by atoms with Crippen molar-refractivity contribution in [1.82, 2.24) is 14.7 Å². The van der Waals surface area contributed by atoms with E-state index in [4.69, 9.17) is 0 Å². The highest BCUT2D eigenvalue weighted by molar-refractivity contribution is 5.74. The van der Waals surface area contributed by atoms with E-state index < -0.39 is 0 Å². The number of piperazine rings is 1. The van der Waals surface area contributed by atoms with Gasteiger partial charge in [-0.2, -0.15) is 0 Å². The lowest BCUT2D eigenvalue weighted by Gasteiger charge is -2.48. The Kier molecular flexibility index (Phi) is 5.08. The molecule has 0 aliphatic carbocycles.